The largest absolute Gasteiger partial charge is 0.460 e. The smallest absolute Gasteiger partial charge is 0.407 e. The first-order valence-corrected chi connectivity index (χ1v) is 32.0. The molecule has 90 heavy (non-hydrogen) atoms. The van der Waals surface area contributed by atoms with Crippen LogP contribution in [0.3, 0.4) is 0 Å². The Labute approximate surface area is 533 Å². The Morgan fingerprint density at radius 2 is 0.756 bits per heavy atom. The van der Waals surface area contributed by atoms with Crippen molar-refractivity contribution in [2.24, 2.45) is 0 Å². The Balaban J connectivity index is 0.000000256. The standard InChI is InChI=1S/2C37H47N3O5/c2*1-37(2,3)45-34(41)22-21-31-23-25-40(26-32(29-16-9-5-10-17-29)30-18-11-6-12-19-30)35(42)33(39-31)20-13-24-38-36(43)44-27-28-14-7-4-8-15-28/h2*4-12,14-19,31-33,39H,13,20-27H2,1-3H3,(H,38,43)/t31-,33+;31-,33-/m01/s1. The van der Waals surface area contributed by atoms with Crippen LogP contribution in [0.2, 0.25) is 0 Å². The Kier molecular flexibility index (Phi) is 27.5. The van der Waals surface area contributed by atoms with Crippen LogP contribution in [0.1, 0.15) is 151 Å². The predicted octanol–water partition coefficient (Wildman–Crippen LogP) is 12.4. The van der Waals surface area contributed by atoms with Crippen molar-refractivity contribution in [3.8, 4) is 0 Å². The van der Waals surface area contributed by atoms with E-state index in [1.165, 1.54) is 0 Å². The predicted molar refractivity (Wildman–Crippen MR) is 351 cm³/mol. The normalized spacial score (nSPS) is 17.1. The minimum absolute atomic E-state index is 0.0211. The summed E-state index contributed by atoms with van der Waals surface area (Å²) in [6.45, 7) is 14.6. The maximum absolute atomic E-state index is 14.1. The number of nitrogens with zero attached hydrogens (tertiary/aromatic N) is 2. The van der Waals surface area contributed by atoms with E-state index in [1.807, 2.05) is 185 Å². The molecule has 0 aliphatic carbocycles. The third kappa shape index (κ3) is 24.6. The number of benzene rings is 6. The minimum atomic E-state index is -0.539. The van der Waals surface area contributed by atoms with Gasteiger partial charge in [0.2, 0.25) is 11.8 Å². The molecular formula is C74H94N6O10. The molecule has 2 aliphatic rings. The first-order chi connectivity index (χ1) is 43.4. The van der Waals surface area contributed by atoms with Gasteiger partial charge in [0.15, 0.2) is 0 Å². The molecule has 16 nitrogen and oxygen atoms in total. The average molecular weight is 1230 g/mol. The molecule has 0 unspecified atom stereocenters. The Bertz CT molecular complexity index is 2820. The summed E-state index contributed by atoms with van der Waals surface area (Å²) in [6, 6.07) is 59.3. The summed E-state index contributed by atoms with van der Waals surface area (Å²) in [5.41, 5.74) is 5.39. The first kappa shape index (κ1) is 69.1. The second-order valence-electron chi connectivity index (χ2n) is 25.2. The fourth-order valence-electron chi connectivity index (χ4n) is 11.3. The van der Waals surface area contributed by atoms with Crippen LogP contribution >= 0.6 is 0 Å². The molecule has 0 spiro atoms. The van der Waals surface area contributed by atoms with Crippen molar-refractivity contribution >= 4 is 35.9 Å². The molecule has 4 atom stereocenters. The maximum Gasteiger partial charge on any atom is 0.407 e. The molecule has 4 amide bonds. The number of ether oxygens (including phenoxy) is 4. The van der Waals surface area contributed by atoms with Gasteiger partial charge in [-0.1, -0.05) is 182 Å². The van der Waals surface area contributed by atoms with Gasteiger partial charge in [-0.25, -0.2) is 9.59 Å². The lowest BCUT2D eigenvalue weighted by molar-refractivity contribution is -0.156. The summed E-state index contributed by atoms with van der Waals surface area (Å²) in [5, 5.41) is 12.7. The summed E-state index contributed by atoms with van der Waals surface area (Å²) in [7, 11) is 0. The van der Waals surface area contributed by atoms with E-state index in [0.717, 1.165) is 46.2 Å². The molecule has 6 aromatic carbocycles. The lowest BCUT2D eigenvalue weighted by Crippen LogP contribution is -2.47. The summed E-state index contributed by atoms with van der Waals surface area (Å²) < 4.78 is 21.7. The highest BCUT2D eigenvalue weighted by molar-refractivity contribution is 5.83. The van der Waals surface area contributed by atoms with Gasteiger partial charge < -0.3 is 50.0 Å². The van der Waals surface area contributed by atoms with E-state index in [1.54, 1.807) is 0 Å². The molecule has 2 saturated heterocycles. The van der Waals surface area contributed by atoms with Gasteiger partial charge in [-0.3, -0.25) is 19.2 Å². The van der Waals surface area contributed by atoms with Crippen LogP contribution in [-0.4, -0.2) is 120 Å². The number of carbonyl (C=O) groups is 6. The minimum Gasteiger partial charge on any atom is -0.460 e. The summed E-state index contributed by atoms with van der Waals surface area (Å²) >= 11 is 0. The van der Waals surface area contributed by atoms with Crippen molar-refractivity contribution < 1.29 is 47.7 Å². The zero-order valence-electron chi connectivity index (χ0n) is 53.5. The Morgan fingerprint density at radius 1 is 0.456 bits per heavy atom. The molecule has 2 heterocycles. The highest BCUT2D eigenvalue weighted by atomic mass is 16.6. The lowest BCUT2D eigenvalue weighted by atomic mass is 9.90. The third-order valence-electron chi connectivity index (χ3n) is 15.7. The van der Waals surface area contributed by atoms with Crippen LogP contribution in [0, 0.1) is 0 Å². The number of hydrogen-bond donors (Lipinski definition) is 4. The summed E-state index contributed by atoms with van der Waals surface area (Å²) in [6.07, 6.45) is 4.48. The number of amides is 4. The third-order valence-corrected chi connectivity index (χ3v) is 15.7. The van der Waals surface area contributed by atoms with Gasteiger partial charge in [-0.05, 0) is 126 Å². The number of alkyl carbamates (subject to hydrolysis) is 2. The molecule has 0 radical (unpaired) electrons. The monoisotopic (exact) mass is 1230 g/mol. The van der Waals surface area contributed by atoms with Gasteiger partial charge in [0.05, 0.1) is 12.1 Å². The topological polar surface area (TPSA) is 194 Å². The molecule has 0 bridgehead atoms. The van der Waals surface area contributed by atoms with Crippen molar-refractivity contribution in [1.29, 1.82) is 0 Å². The highest BCUT2D eigenvalue weighted by Gasteiger charge is 2.35. The van der Waals surface area contributed by atoms with E-state index in [-0.39, 0.29) is 73.7 Å². The fourth-order valence-corrected chi connectivity index (χ4v) is 11.3. The quantitative estimate of drug-likeness (QED) is 0.0228. The van der Waals surface area contributed by atoms with Crippen molar-refractivity contribution in [3.05, 3.63) is 215 Å². The second kappa shape index (κ2) is 35.7. The van der Waals surface area contributed by atoms with Crippen LogP contribution < -0.4 is 21.3 Å². The zero-order valence-corrected chi connectivity index (χ0v) is 53.5. The number of esters is 2. The number of nitrogens with one attached hydrogen (secondary N) is 4. The van der Waals surface area contributed by atoms with Gasteiger partial charge in [0.1, 0.15) is 24.4 Å². The van der Waals surface area contributed by atoms with Gasteiger partial charge in [0.25, 0.3) is 0 Å². The second-order valence-corrected chi connectivity index (χ2v) is 25.2. The summed E-state index contributed by atoms with van der Waals surface area (Å²) in [4.78, 5) is 81.6. The molecule has 2 aliphatic heterocycles. The molecule has 4 N–H and O–H groups in total. The van der Waals surface area contributed by atoms with E-state index in [4.69, 9.17) is 18.9 Å². The van der Waals surface area contributed by atoms with Crippen LogP contribution in [-0.2, 0) is 51.3 Å². The fraction of sp³-hybridized carbons (Fsp3) is 0.432. The zero-order chi connectivity index (χ0) is 64.1. The average Bonchev–Trinajstić information content (AvgIpc) is 2.98. The van der Waals surface area contributed by atoms with Gasteiger partial charge >= 0.3 is 24.1 Å². The molecular weight excluding hydrogens is 1130 g/mol. The van der Waals surface area contributed by atoms with Gasteiger partial charge in [-0.15, -0.1) is 0 Å². The van der Waals surface area contributed by atoms with Crippen molar-refractivity contribution in [2.45, 2.75) is 166 Å². The molecule has 480 valence electrons. The van der Waals surface area contributed by atoms with Crippen molar-refractivity contribution in [2.75, 3.05) is 39.3 Å². The Morgan fingerprint density at radius 3 is 1.06 bits per heavy atom. The van der Waals surface area contributed by atoms with E-state index < -0.39 is 35.5 Å². The number of carbonyl (C=O) groups excluding carboxylic acids is 6. The maximum atomic E-state index is 14.1. The molecule has 0 aromatic heterocycles. The van der Waals surface area contributed by atoms with Crippen LogP contribution in [0.4, 0.5) is 9.59 Å². The van der Waals surface area contributed by atoms with Gasteiger partial charge in [0, 0.05) is 76.0 Å². The van der Waals surface area contributed by atoms with Crippen LogP contribution in [0.5, 0.6) is 0 Å². The molecule has 2 fully saturated rings. The lowest BCUT2D eigenvalue weighted by Gasteiger charge is -2.29. The highest BCUT2D eigenvalue weighted by Crippen LogP contribution is 2.30. The first-order valence-electron chi connectivity index (χ1n) is 32.0. The summed E-state index contributed by atoms with van der Waals surface area (Å²) in [5.74, 6) is -0.344. The molecule has 8 rings (SSSR count). The van der Waals surface area contributed by atoms with E-state index in [2.05, 4.69) is 69.8 Å². The number of hydrogen-bond acceptors (Lipinski definition) is 12. The van der Waals surface area contributed by atoms with Crippen LogP contribution in [0.15, 0.2) is 182 Å². The number of rotatable bonds is 26. The van der Waals surface area contributed by atoms with E-state index in [9.17, 15) is 28.8 Å². The Hall–Kier alpha value is -8.34. The van der Waals surface area contributed by atoms with Gasteiger partial charge in [-0.2, -0.15) is 0 Å². The van der Waals surface area contributed by atoms with Crippen LogP contribution in [0.25, 0.3) is 0 Å². The van der Waals surface area contributed by atoms with E-state index in [0.29, 0.717) is 77.8 Å². The molecule has 16 heteroatoms. The van der Waals surface area contributed by atoms with Crippen molar-refractivity contribution in [3.63, 3.8) is 0 Å². The van der Waals surface area contributed by atoms with Crippen molar-refractivity contribution in [1.82, 2.24) is 31.1 Å². The van der Waals surface area contributed by atoms with E-state index >= 15 is 0 Å². The molecule has 6 aromatic rings. The SMILES string of the molecule is CC(C)(C)OC(=O)CC[C@@H]1CCN(CC(c2ccccc2)c2ccccc2)C(=O)[C@@H](CCCNC(=O)OCc2ccccc2)N1.CC(C)(C)OC(=O)CC[C@H]1CCN(CC(c2ccccc2)c2ccccc2)C(=O)[C@@H](CCCNC(=O)OCc2ccccc2)N1. The molecule has 0 saturated carbocycles.